The lowest BCUT2D eigenvalue weighted by molar-refractivity contribution is 0.246. The maximum atomic E-state index is 14.0. The SMILES string of the molecule is N#Cc1c(F)cccc1N1CCN(Cc2nn(-c3ccccc3)c3c2CCC3)CC1. The van der Waals surface area contributed by atoms with E-state index >= 15 is 0 Å². The lowest BCUT2D eigenvalue weighted by atomic mass is 10.1. The average Bonchev–Trinajstić information content (AvgIpc) is 3.39. The number of para-hydroxylation sites is 1. The Morgan fingerprint density at radius 2 is 1.77 bits per heavy atom. The molecule has 2 aliphatic rings. The maximum Gasteiger partial charge on any atom is 0.143 e. The summed E-state index contributed by atoms with van der Waals surface area (Å²) in [4.78, 5) is 4.53. The normalized spacial score (nSPS) is 16.5. The minimum Gasteiger partial charge on any atom is -0.368 e. The molecule has 1 aliphatic carbocycles. The third-order valence-electron chi connectivity index (χ3n) is 6.20. The summed E-state index contributed by atoms with van der Waals surface area (Å²) in [5.74, 6) is -0.445. The first-order chi connectivity index (χ1) is 14.7. The Hall–Kier alpha value is -3.17. The van der Waals surface area contributed by atoms with Crippen molar-refractivity contribution in [1.82, 2.24) is 14.7 Å². The van der Waals surface area contributed by atoms with E-state index in [2.05, 4.69) is 38.7 Å². The lowest BCUT2D eigenvalue weighted by Crippen LogP contribution is -2.46. The second kappa shape index (κ2) is 7.92. The predicted octanol–water partition coefficient (Wildman–Crippen LogP) is 3.69. The summed E-state index contributed by atoms with van der Waals surface area (Å²) in [5, 5.41) is 14.3. The lowest BCUT2D eigenvalue weighted by Gasteiger charge is -2.36. The zero-order valence-electron chi connectivity index (χ0n) is 16.9. The summed E-state index contributed by atoms with van der Waals surface area (Å²) in [5.41, 5.74) is 5.92. The molecule has 0 radical (unpaired) electrons. The van der Waals surface area contributed by atoms with Gasteiger partial charge in [-0.05, 0) is 49.1 Å². The number of halogens is 1. The predicted molar refractivity (Wildman–Crippen MR) is 114 cm³/mol. The molecule has 2 heterocycles. The van der Waals surface area contributed by atoms with Crippen molar-refractivity contribution in [3.63, 3.8) is 0 Å². The molecule has 5 nitrogen and oxygen atoms in total. The van der Waals surface area contributed by atoms with E-state index in [0.29, 0.717) is 5.69 Å². The van der Waals surface area contributed by atoms with Crippen LogP contribution in [-0.2, 0) is 19.4 Å². The molecular formula is C24H24FN5. The van der Waals surface area contributed by atoms with Gasteiger partial charge in [0.25, 0.3) is 0 Å². The second-order valence-electron chi connectivity index (χ2n) is 7.98. The van der Waals surface area contributed by atoms with Gasteiger partial charge in [-0.15, -0.1) is 0 Å². The van der Waals surface area contributed by atoms with Crippen LogP contribution in [0.15, 0.2) is 48.5 Å². The number of nitriles is 1. The number of anilines is 1. The first-order valence-electron chi connectivity index (χ1n) is 10.6. The molecule has 0 atom stereocenters. The molecule has 0 saturated carbocycles. The summed E-state index contributed by atoms with van der Waals surface area (Å²) in [6.07, 6.45) is 3.38. The summed E-state index contributed by atoms with van der Waals surface area (Å²) >= 11 is 0. The van der Waals surface area contributed by atoms with Crippen LogP contribution < -0.4 is 4.90 Å². The maximum absolute atomic E-state index is 14.0. The number of benzene rings is 2. The van der Waals surface area contributed by atoms with Crippen LogP contribution in [0.2, 0.25) is 0 Å². The van der Waals surface area contributed by atoms with Gasteiger partial charge in [0.05, 0.1) is 17.1 Å². The molecule has 1 aliphatic heterocycles. The number of nitrogens with zero attached hydrogens (tertiary/aromatic N) is 5. The third kappa shape index (κ3) is 3.35. The summed E-state index contributed by atoms with van der Waals surface area (Å²) in [6.45, 7) is 4.13. The summed E-state index contributed by atoms with van der Waals surface area (Å²) < 4.78 is 16.1. The summed E-state index contributed by atoms with van der Waals surface area (Å²) in [6, 6.07) is 17.2. The van der Waals surface area contributed by atoms with Crippen LogP contribution in [0.1, 0.15) is 28.9 Å². The van der Waals surface area contributed by atoms with Crippen LogP contribution in [0.3, 0.4) is 0 Å². The molecule has 1 fully saturated rings. The van der Waals surface area contributed by atoms with Crippen LogP contribution in [0.4, 0.5) is 10.1 Å². The number of aromatic nitrogens is 2. The Labute approximate surface area is 176 Å². The second-order valence-corrected chi connectivity index (χ2v) is 7.98. The minimum absolute atomic E-state index is 0.144. The Bertz CT molecular complexity index is 1090. The highest BCUT2D eigenvalue weighted by atomic mass is 19.1. The van der Waals surface area contributed by atoms with Crippen LogP contribution in [0, 0.1) is 17.1 Å². The Morgan fingerprint density at radius 1 is 0.967 bits per heavy atom. The zero-order valence-corrected chi connectivity index (χ0v) is 16.9. The van der Waals surface area contributed by atoms with E-state index in [0.717, 1.165) is 51.3 Å². The van der Waals surface area contributed by atoms with Gasteiger partial charge in [0.1, 0.15) is 17.4 Å². The van der Waals surface area contributed by atoms with Gasteiger partial charge in [-0.25, -0.2) is 9.07 Å². The average molecular weight is 401 g/mol. The van der Waals surface area contributed by atoms with Crippen molar-refractivity contribution < 1.29 is 4.39 Å². The van der Waals surface area contributed by atoms with Gasteiger partial charge in [-0.1, -0.05) is 24.3 Å². The van der Waals surface area contributed by atoms with Crippen LogP contribution in [-0.4, -0.2) is 40.9 Å². The van der Waals surface area contributed by atoms with E-state index < -0.39 is 5.82 Å². The molecule has 0 amide bonds. The van der Waals surface area contributed by atoms with Gasteiger partial charge in [0.15, 0.2) is 0 Å². The molecule has 3 aromatic rings. The largest absolute Gasteiger partial charge is 0.368 e. The summed E-state index contributed by atoms with van der Waals surface area (Å²) in [7, 11) is 0. The molecule has 0 unspecified atom stereocenters. The van der Waals surface area contributed by atoms with Crippen LogP contribution >= 0.6 is 0 Å². The standard InChI is InChI=1S/C24H24FN5/c25-21-9-5-10-23(20(21)16-26)29-14-12-28(13-15-29)17-22-19-8-4-11-24(19)30(27-22)18-6-2-1-3-7-18/h1-3,5-7,9-10H,4,8,11-15,17H2. The van der Waals surface area contributed by atoms with Crippen LogP contribution in [0.25, 0.3) is 5.69 Å². The quantitative estimate of drug-likeness (QED) is 0.669. The van der Waals surface area contributed by atoms with E-state index in [4.69, 9.17) is 5.10 Å². The van der Waals surface area contributed by atoms with E-state index in [1.807, 2.05) is 18.2 Å². The number of hydrogen-bond donors (Lipinski definition) is 0. The minimum atomic E-state index is -0.445. The van der Waals surface area contributed by atoms with Gasteiger partial charge >= 0.3 is 0 Å². The Balaban J connectivity index is 1.31. The highest BCUT2D eigenvalue weighted by molar-refractivity contribution is 5.60. The fourth-order valence-corrected chi connectivity index (χ4v) is 4.67. The zero-order chi connectivity index (χ0) is 20.5. The van der Waals surface area contributed by atoms with E-state index in [1.54, 1.807) is 6.07 Å². The van der Waals surface area contributed by atoms with Crippen molar-refractivity contribution in [2.24, 2.45) is 0 Å². The molecule has 6 heteroatoms. The Morgan fingerprint density at radius 3 is 2.53 bits per heavy atom. The molecule has 1 saturated heterocycles. The fourth-order valence-electron chi connectivity index (χ4n) is 4.67. The number of piperazine rings is 1. The van der Waals surface area contributed by atoms with Crippen molar-refractivity contribution in [2.45, 2.75) is 25.8 Å². The van der Waals surface area contributed by atoms with E-state index in [9.17, 15) is 9.65 Å². The number of fused-ring (bicyclic) bond motifs is 1. The van der Waals surface area contributed by atoms with Gasteiger partial charge in [0, 0.05) is 38.4 Å². The van der Waals surface area contributed by atoms with Gasteiger partial charge in [-0.2, -0.15) is 10.4 Å². The molecule has 0 bridgehead atoms. The Kier molecular flexibility index (Phi) is 4.97. The van der Waals surface area contributed by atoms with Crippen LogP contribution in [0.5, 0.6) is 0 Å². The topological polar surface area (TPSA) is 48.1 Å². The van der Waals surface area contributed by atoms with E-state index in [-0.39, 0.29) is 5.56 Å². The van der Waals surface area contributed by atoms with Crippen molar-refractivity contribution in [3.05, 3.63) is 76.9 Å². The monoisotopic (exact) mass is 401 g/mol. The van der Waals surface area contributed by atoms with Gasteiger partial charge in [0.2, 0.25) is 0 Å². The molecule has 5 rings (SSSR count). The van der Waals surface area contributed by atoms with Gasteiger partial charge < -0.3 is 4.90 Å². The molecule has 152 valence electrons. The number of hydrogen-bond acceptors (Lipinski definition) is 4. The molecule has 2 aromatic carbocycles. The van der Waals surface area contributed by atoms with Crippen molar-refractivity contribution in [3.8, 4) is 11.8 Å². The first kappa shape index (κ1) is 18.8. The third-order valence-corrected chi connectivity index (χ3v) is 6.20. The fraction of sp³-hybridized carbons (Fsp3) is 0.333. The molecule has 1 aromatic heterocycles. The smallest absolute Gasteiger partial charge is 0.143 e. The first-order valence-corrected chi connectivity index (χ1v) is 10.6. The highest BCUT2D eigenvalue weighted by Gasteiger charge is 2.26. The molecule has 0 spiro atoms. The van der Waals surface area contributed by atoms with Crippen molar-refractivity contribution in [1.29, 1.82) is 5.26 Å². The van der Waals surface area contributed by atoms with Crippen molar-refractivity contribution >= 4 is 5.69 Å². The molecule has 0 N–H and O–H groups in total. The highest BCUT2D eigenvalue weighted by Crippen LogP contribution is 2.29. The molecular weight excluding hydrogens is 377 g/mol. The van der Waals surface area contributed by atoms with Crippen molar-refractivity contribution in [2.75, 3.05) is 31.1 Å². The van der Waals surface area contributed by atoms with E-state index in [1.165, 1.54) is 29.4 Å². The number of rotatable bonds is 4. The van der Waals surface area contributed by atoms with Gasteiger partial charge in [-0.3, -0.25) is 4.90 Å². The molecule has 30 heavy (non-hydrogen) atoms.